The molecule has 6 heteroatoms. The fraction of sp³-hybridized carbons (Fsp3) is 1.00. The van der Waals surface area contributed by atoms with Gasteiger partial charge in [-0.1, -0.05) is 0 Å². The Kier molecular flexibility index (Phi) is 5.87. The fourth-order valence-electron chi connectivity index (χ4n) is 0.503. The van der Waals surface area contributed by atoms with E-state index in [-0.39, 0.29) is 11.7 Å². The summed E-state index contributed by atoms with van der Waals surface area (Å²) < 4.78 is 20.9. The summed E-state index contributed by atoms with van der Waals surface area (Å²) in [7, 11) is 1.59. The van der Waals surface area contributed by atoms with E-state index in [1.807, 2.05) is 0 Å². The molecular weight excluding hydrogens is 230 g/mol. The fourth-order valence-corrected chi connectivity index (χ4v) is 2.02. The molecular formula is C5H9Cl3O2S. The zero-order chi connectivity index (χ0) is 8.91. The zero-order valence-corrected chi connectivity index (χ0v) is 8.85. The molecule has 11 heavy (non-hydrogen) atoms. The predicted octanol–water partition coefficient (Wildman–Crippen LogP) is 2.04. The Labute approximate surface area is 81.2 Å². The van der Waals surface area contributed by atoms with Crippen molar-refractivity contribution in [2.75, 3.05) is 17.5 Å². The molecule has 0 saturated heterocycles. The van der Waals surface area contributed by atoms with Crippen molar-refractivity contribution in [2.45, 2.75) is 6.42 Å². The molecule has 0 radical (unpaired) electrons. The molecule has 0 aliphatic heterocycles. The highest BCUT2D eigenvalue weighted by atomic mass is 35.7. The maximum Gasteiger partial charge on any atom is 0.232 e. The van der Waals surface area contributed by atoms with Gasteiger partial charge in [-0.15, -0.1) is 23.2 Å². The smallest absolute Gasteiger partial charge is 0.212 e. The lowest BCUT2D eigenvalue weighted by Crippen LogP contribution is -2.09. The quantitative estimate of drug-likeness (QED) is 0.543. The topological polar surface area (TPSA) is 34.1 Å². The average Bonchev–Trinajstić information content (AvgIpc) is 1.88. The van der Waals surface area contributed by atoms with E-state index in [0.29, 0.717) is 18.2 Å². The van der Waals surface area contributed by atoms with E-state index in [1.165, 1.54) is 0 Å². The Morgan fingerprint density at radius 3 is 1.91 bits per heavy atom. The molecule has 0 amide bonds. The van der Waals surface area contributed by atoms with Crippen LogP contribution in [0, 0.1) is 5.92 Å². The second kappa shape index (κ2) is 5.46. The average molecular weight is 240 g/mol. The van der Waals surface area contributed by atoms with Crippen LogP contribution in [-0.4, -0.2) is 25.9 Å². The van der Waals surface area contributed by atoms with Gasteiger partial charge in [0.15, 0.2) is 0 Å². The predicted molar refractivity (Wildman–Crippen MR) is 49.2 cm³/mol. The van der Waals surface area contributed by atoms with Gasteiger partial charge in [-0.3, -0.25) is 0 Å². The van der Waals surface area contributed by atoms with E-state index in [1.54, 1.807) is 0 Å². The number of halogens is 3. The number of rotatable bonds is 5. The Morgan fingerprint density at radius 2 is 1.64 bits per heavy atom. The van der Waals surface area contributed by atoms with Gasteiger partial charge in [0.05, 0.1) is 5.75 Å². The van der Waals surface area contributed by atoms with Crippen molar-refractivity contribution in [3.63, 3.8) is 0 Å². The number of hydrogen-bond acceptors (Lipinski definition) is 2. The molecule has 0 rings (SSSR count). The van der Waals surface area contributed by atoms with Crippen molar-refractivity contribution >= 4 is 42.9 Å². The van der Waals surface area contributed by atoms with E-state index < -0.39 is 9.05 Å². The summed E-state index contributed by atoms with van der Waals surface area (Å²) in [4.78, 5) is 0. The molecule has 0 bridgehead atoms. The normalized spacial score (nSPS) is 12.4. The monoisotopic (exact) mass is 238 g/mol. The minimum absolute atomic E-state index is 0.0341. The molecule has 0 unspecified atom stereocenters. The first-order valence-electron chi connectivity index (χ1n) is 3.04. The maximum atomic E-state index is 10.4. The van der Waals surface area contributed by atoms with Crippen LogP contribution in [0.2, 0.25) is 0 Å². The molecule has 0 N–H and O–H groups in total. The van der Waals surface area contributed by atoms with Gasteiger partial charge < -0.3 is 0 Å². The Bertz CT molecular complexity index is 186. The third-order valence-corrected chi connectivity index (χ3v) is 3.27. The molecule has 0 aromatic heterocycles. The SMILES string of the molecule is O=S(=O)(Cl)CCC(CCl)CCl. The van der Waals surface area contributed by atoms with Crippen LogP contribution in [0.4, 0.5) is 0 Å². The minimum Gasteiger partial charge on any atom is -0.212 e. The molecule has 68 valence electrons. The standard InChI is InChI=1S/C5H9Cl3O2S/c6-3-5(4-7)1-2-11(8,9)10/h5H,1-4H2. The lowest BCUT2D eigenvalue weighted by atomic mass is 10.2. The highest BCUT2D eigenvalue weighted by Gasteiger charge is 2.11. The largest absolute Gasteiger partial charge is 0.232 e. The second-order valence-corrected chi connectivity index (χ2v) is 5.72. The Morgan fingerprint density at radius 1 is 1.18 bits per heavy atom. The molecule has 0 spiro atoms. The van der Waals surface area contributed by atoms with E-state index in [0.717, 1.165) is 0 Å². The summed E-state index contributed by atoms with van der Waals surface area (Å²) in [5, 5.41) is 0. The van der Waals surface area contributed by atoms with Crippen LogP contribution in [0.1, 0.15) is 6.42 Å². The second-order valence-electron chi connectivity index (χ2n) is 2.21. The summed E-state index contributed by atoms with van der Waals surface area (Å²) in [5.74, 6) is 0.719. The van der Waals surface area contributed by atoms with Crippen LogP contribution < -0.4 is 0 Å². The maximum absolute atomic E-state index is 10.4. The highest BCUT2D eigenvalue weighted by molar-refractivity contribution is 8.13. The lowest BCUT2D eigenvalue weighted by Gasteiger charge is -2.06. The molecule has 2 nitrogen and oxygen atoms in total. The summed E-state index contributed by atoms with van der Waals surface area (Å²) in [6, 6.07) is 0. The molecule has 0 saturated carbocycles. The minimum atomic E-state index is -3.38. The van der Waals surface area contributed by atoms with Crippen molar-refractivity contribution in [3.8, 4) is 0 Å². The number of alkyl halides is 2. The van der Waals surface area contributed by atoms with Crippen LogP contribution in [0.25, 0.3) is 0 Å². The molecule has 0 heterocycles. The first kappa shape index (κ1) is 11.8. The highest BCUT2D eigenvalue weighted by Crippen LogP contribution is 2.11. The van der Waals surface area contributed by atoms with Crippen LogP contribution in [-0.2, 0) is 9.05 Å². The molecule has 0 fully saturated rings. The van der Waals surface area contributed by atoms with Gasteiger partial charge in [0.1, 0.15) is 0 Å². The molecule has 0 aromatic rings. The van der Waals surface area contributed by atoms with Crippen LogP contribution >= 0.6 is 33.9 Å². The van der Waals surface area contributed by atoms with Crippen molar-refractivity contribution in [3.05, 3.63) is 0 Å². The zero-order valence-electron chi connectivity index (χ0n) is 5.76. The molecule has 0 aliphatic rings. The van der Waals surface area contributed by atoms with Crippen LogP contribution in [0.5, 0.6) is 0 Å². The van der Waals surface area contributed by atoms with Gasteiger partial charge >= 0.3 is 0 Å². The first-order chi connectivity index (χ1) is 4.99. The summed E-state index contributed by atoms with van der Waals surface area (Å²) >= 11 is 10.9. The molecule has 0 aromatic carbocycles. The van der Waals surface area contributed by atoms with E-state index in [2.05, 4.69) is 0 Å². The third kappa shape index (κ3) is 7.19. The first-order valence-corrected chi connectivity index (χ1v) is 6.58. The van der Waals surface area contributed by atoms with Gasteiger partial charge in [-0.25, -0.2) is 8.42 Å². The number of hydrogen-bond donors (Lipinski definition) is 0. The molecule has 0 atom stereocenters. The summed E-state index contributed by atoms with van der Waals surface area (Å²) in [6.45, 7) is 0. The van der Waals surface area contributed by atoms with E-state index in [4.69, 9.17) is 33.9 Å². The van der Waals surface area contributed by atoms with E-state index in [9.17, 15) is 8.42 Å². The van der Waals surface area contributed by atoms with Gasteiger partial charge in [0.25, 0.3) is 0 Å². The van der Waals surface area contributed by atoms with Crippen LogP contribution in [0.15, 0.2) is 0 Å². The van der Waals surface area contributed by atoms with Crippen molar-refractivity contribution in [1.29, 1.82) is 0 Å². The van der Waals surface area contributed by atoms with E-state index >= 15 is 0 Å². The van der Waals surface area contributed by atoms with Gasteiger partial charge in [-0.2, -0.15) is 0 Å². The van der Waals surface area contributed by atoms with Gasteiger partial charge in [0.2, 0.25) is 9.05 Å². The Balaban J connectivity index is 3.69. The van der Waals surface area contributed by atoms with Gasteiger partial charge in [-0.05, 0) is 12.3 Å². The lowest BCUT2D eigenvalue weighted by molar-refractivity contribution is 0.589. The molecule has 0 aliphatic carbocycles. The Hall–Kier alpha value is 0.820. The van der Waals surface area contributed by atoms with Crippen LogP contribution in [0.3, 0.4) is 0 Å². The van der Waals surface area contributed by atoms with Crippen molar-refractivity contribution in [1.82, 2.24) is 0 Å². The van der Waals surface area contributed by atoms with Crippen molar-refractivity contribution < 1.29 is 8.42 Å². The van der Waals surface area contributed by atoms with Gasteiger partial charge in [0, 0.05) is 22.4 Å². The van der Waals surface area contributed by atoms with Crippen molar-refractivity contribution in [2.24, 2.45) is 5.92 Å². The third-order valence-electron chi connectivity index (χ3n) is 1.21. The summed E-state index contributed by atoms with van der Waals surface area (Å²) in [6.07, 6.45) is 0.429. The summed E-state index contributed by atoms with van der Waals surface area (Å²) in [5.41, 5.74) is 0.